The third-order valence-corrected chi connectivity index (χ3v) is 5.97. The van der Waals surface area contributed by atoms with E-state index >= 15 is 0 Å². The lowest BCUT2D eigenvalue weighted by Crippen LogP contribution is -2.25. The number of amides is 1. The average molecular weight is 342 g/mol. The lowest BCUT2D eigenvalue weighted by molar-refractivity contribution is -0.105. The Balaban J connectivity index is 1.91. The van der Waals surface area contributed by atoms with Crippen molar-refractivity contribution in [3.8, 4) is 10.6 Å². The maximum absolute atomic E-state index is 10.7. The van der Waals surface area contributed by atoms with Crippen LogP contribution in [0.2, 0.25) is 5.02 Å². The van der Waals surface area contributed by atoms with Crippen molar-refractivity contribution in [2.45, 2.75) is 32.4 Å². The minimum absolute atomic E-state index is 0.606. The Labute approximate surface area is 136 Å². The number of carbonyl (C=O) groups excluding carboxylic acids is 1. The van der Waals surface area contributed by atoms with Crippen LogP contribution in [0.15, 0.2) is 11.4 Å². The van der Waals surface area contributed by atoms with Crippen molar-refractivity contribution in [2.24, 2.45) is 0 Å². The molecule has 3 heterocycles. The molecule has 1 atom stereocenters. The van der Waals surface area contributed by atoms with Gasteiger partial charge in [-0.3, -0.25) is 9.69 Å². The van der Waals surface area contributed by atoms with Gasteiger partial charge in [-0.2, -0.15) is 0 Å². The Bertz CT molecular complexity index is 640. The number of rotatable bonds is 5. The largest absolute Gasteiger partial charge is 0.305 e. The van der Waals surface area contributed by atoms with Crippen LogP contribution in [0.1, 0.15) is 24.6 Å². The van der Waals surface area contributed by atoms with E-state index in [-0.39, 0.29) is 0 Å². The predicted octanol–water partition coefficient (Wildman–Crippen LogP) is 4.08. The molecular weight excluding hydrogens is 326 g/mol. The Morgan fingerprint density at radius 1 is 1.62 bits per heavy atom. The van der Waals surface area contributed by atoms with E-state index in [0.29, 0.717) is 17.6 Å². The smallest absolute Gasteiger partial charge is 0.213 e. The number of anilines is 1. The number of hydrogen-bond donors (Lipinski definition) is 1. The molecule has 2 aromatic heterocycles. The highest BCUT2D eigenvalue weighted by Crippen LogP contribution is 2.37. The molecule has 1 amide bonds. The predicted molar refractivity (Wildman–Crippen MR) is 89.2 cm³/mol. The second kappa shape index (κ2) is 6.44. The maximum atomic E-state index is 10.7. The Morgan fingerprint density at radius 2 is 2.48 bits per heavy atom. The van der Waals surface area contributed by atoms with Gasteiger partial charge in [0.05, 0.1) is 15.6 Å². The van der Waals surface area contributed by atoms with Crippen molar-refractivity contribution in [1.82, 2.24) is 9.88 Å². The highest BCUT2D eigenvalue weighted by Gasteiger charge is 2.23. The molecule has 0 spiro atoms. The molecule has 0 radical (unpaired) electrons. The minimum atomic E-state index is 0.606. The van der Waals surface area contributed by atoms with Crippen molar-refractivity contribution < 1.29 is 4.79 Å². The molecule has 1 aliphatic rings. The van der Waals surface area contributed by atoms with E-state index in [1.54, 1.807) is 22.7 Å². The molecule has 7 heteroatoms. The van der Waals surface area contributed by atoms with E-state index in [4.69, 9.17) is 11.6 Å². The summed E-state index contributed by atoms with van der Waals surface area (Å²) in [6.07, 6.45) is 3.17. The van der Waals surface area contributed by atoms with E-state index in [1.807, 2.05) is 11.4 Å². The molecule has 1 aliphatic heterocycles. The topological polar surface area (TPSA) is 45.2 Å². The van der Waals surface area contributed by atoms with Crippen LogP contribution in [-0.2, 0) is 11.3 Å². The van der Waals surface area contributed by atoms with Gasteiger partial charge < -0.3 is 5.32 Å². The lowest BCUT2D eigenvalue weighted by Gasteiger charge is -2.20. The summed E-state index contributed by atoms with van der Waals surface area (Å²) in [5.41, 5.74) is 0.945. The summed E-state index contributed by atoms with van der Waals surface area (Å²) in [4.78, 5) is 19.9. The van der Waals surface area contributed by atoms with E-state index in [1.165, 1.54) is 17.7 Å². The monoisotopic (exact) mass is 341 g/mol. The molecule has 1 unspecified atom stereocenters. The van der Waals surface area contributed by atoms with Crippen molar-refractivity contribution in [3.05, 3.63) is 21.3 Å². The quantitative estimate of drug-likeness (QED) is 0.833. The van der Waals surface area contributed by atoms with Crippen LogP contribution in [0.3, 0.4) is 0 Å². The average Bonchev–Trinajstić information content (AvgIpc) is 3.13. The zero-order chi connectivity index (χ0) is 14.8. The van der Waals surface area contributed by atoms with Gasteiger partial charge in [-0.1, -0.05) is 22.9 Å². The van der Waals surface area contributed by atoms with Crippen LogP contribution in [0.5, 0.6) is 0 Å². The molecule has 1 saturated heterocycles. The summed E-state index contributed by atoms with van der Waals surface area (Å²) in [7, 11) is 0. The number of nitrogens with one attached hydrogen (secondary N) is 1. The fraction of sp³-hybridized carbons (Fsp3) is 0.429. The van der Waals surface area contributed by atoms with Gasteiger partial charge in [0.1, 0.15) is 0 Å². The van der Waals surface area contributed by atoms with Gasteiger partial charge in [0, 0.05) is 22.8 Å². The number of aromatic nitrogens is 1. The Morgan fingerprint density at radius 3 is 3.10 bits per heavy atom. The second-order valence-corrected chi connectivity index (χ2v) is 7.58. The first-order valence-corrected chi connectivity index (χ1v) is 8.93. The number of thiophene rings is 1. The van der Waals surface area contributed by atoms with Crippen molar-refractivity contribution in [2.75, 3.05) is 11.9 Å². The third kappa shape index (κ3) is 3.29. The van der Waals surface area contributed by atoms with E-state index in [2.05, 4.69) is 22.1 Å². The van der Waals surface area contributed by atoms with Gasteiger partial charge in [-0.25, -0.2) is 4.98 Å². The molecule has 0 saturated carbocycles. The summed E-state index contributed by atoms with van der Waals surface area (Å²) in [6, 6.07) is 2.54. The molecule has 0 bridgehead atoms. The molecule has 0 aromatic carbocycles. The maximum Gasteiger partial charge on any atom is 0.213 e. The number of nitrogens with zero attached hydrogens (tertiary/aromatic N) is 2. The van der Waals surface area contributed by atoms with Gasteiger partial charge in [0.2, 0.25) is 6.41 Å². The fourth-order valence-corrected chi connectivity index (χ4v) is 4.73. The zero-order valence-electron chi connectivity index (χ0n) is 11.6. The summed E-state index contributed by atoms with van der Waals surface area (Å²) in [5.74, 6) is 0. The molecule has 0 aliphatic carbocycles. The number of thiazole rings is 1. The number of likely N-dealkylation sites (tertiary alicyclic amines) is 1. The first kappa shape index (κ1) is 15.0. The van der Waals surface area contributed by atoms with E-state index in [0.717, 1.165) is 28.7 Å². The van der Waals surface area contributed by atoms with Gasteiger partial charge in [-0.05, 0) is 32.4 Å². The van der Waals surface area contributed by atoms with E-state index < -0.39 is 0 Å². The van der Waals surface area contributed by atoms with E-state index in [9.17, 15) is 4.79 Å². The number of carbonyl (C=O) groups is 1. The first-order valence-electron chi connectivity index (χ1n) is 6.85. The first-order chi connectivity index (χ1) is 10.2. The van der Waals surface area contributed by atoms with Crippen molar-refractivity contribution >= 4 is 45.8 Å². The highest BCUT2D eigenvalue weighted by molar-refractivity contribution is 7.17. The van der Waals surface area contributed by atoms with Gasteiger partial charge in [0.25, 0.3) is 0 Å². The molecule has 21 heavy (non-hydrogen) atoms. The molecule has 1 fully saturated rings. The second-order valence-electron chi connectivity index (χ2n) is 5.14. The highest BCUT2D eigenvalue weighted by atomic mass is 35.5. The summed E-state index contributed by atoms with van der Waals surface area (Å²) in [6.45, 7) is 4.27. The molecule has 2 aromatic rings. The molecule has 112 valence electrons. The summed E-state index contributed by atoms with van der Waals surface area (Å²) >= 11 is 9.16. The fourth-order valence-electron chi connectivity index (χ4n) is 2.61. The molecular formula is C14H16ClN3OS2. The number of halogens is 1. The van der Waals surface area contributed by atoms with Crippen LogP contribution in [0.25, 0.3) is 10.6 Å². The summed E-state index contributed by atoms with van der Waals surface area (Å²) < 4.78 is 0. The van der Waals surface area contributed by atoms with Crippen LogP contribution in [0, 0.1) is 0 Å². The number of hydrogen-bond acceptors (Lipinski definition) is 5. The van der Waals surface area contributed by atoms with Crippen LogP contribution in [-0.4, -0.2) is 28.9 Å². The molecule has 1 N–H and O–H groups in total. The van der Waals surface area contributed by atoms with Crippen LogP contribution >= 0.6 is 34.3 Å². The summed E-state index contributed by atoms with van der Waals surface area (Å²) in [5, 5.41) is 5.94. The SMILES string of the molecule is CC1CCCN1Cc1sc(NC=O)nc1-c1cc(Cl)cs1. The van der Waals surface area contributed by atoms with Crippen LogP contribution in [0.4, 0.5) is 5.13 Å². The zero-order valence-corrected chi connectivity index (χ0v) is 14.0. The molecule has 3 rings (SSSR count). The van der Waals surface area contributed by atoms with Crippen molar-refractivity contribution in [3.63, 3.8) is 0 Å². The third-order valence-electron chi connectivity index (χ3n) is 3.72. The standard InChI is InChI=1S/C14H16ClN3OS2/c1-9-3-2-4-18(9)6-12-13(11-5-10(15)7-20-11)17-14(21-12)16-8-19/h5,7-9H,2-4,6H2,1H3,(H,16,17,19). The van der Waals surface area contributed by atoms with Gasteiger partial charge >= 0.3 is 0 Å². The molecule has 4 nitrogen and oxygen atoms in total. The van der Waals surface area contributed by atoms with Crippen molar-refractivity contribution in [1.29, 1.82) is 0 Å². The van der Waals surface area contributed by atoms with Gasteiger partial charge in [0.15, 0.2) is 5.13 Å². The normalized spacial score (nSPS) is 19.0. The lowest BCUT2D eigenvalue weighted by atomic mass is 10.2. The van der Waals surface area contributed by atoms with Gasteiger partial charge in [-0.15, -0.1) is 11.3 Å². The minimum Gasteiger partial charge on any atom is -0.305 e. The Hall–Kier alpha value is -0.950. The van der Waals surface area contributed by atoms with Crippen LogP contribution < -0.4 is 5.32 Å². The Kier molecular flexibility index (Phi) is 4.59.